The fourth-order valence-corrected chi connectivity index (χ4v) is 2.59. The van der Waals surface area contributed by atoms with Crippen LogP contribution < -0.4 is 20.1 Å². The summed E-state index contributed by atoms with van der Waals surface area (Å²) in [5.74, 6) is -1.25. The molecule has 0 saturated heterocycles. The molecule has 0 radical (unpaired) electrons. The van der Waals surface area contributed by atoms with Crippen molar-refractivity contribution in [2.24, 2.45) is 0 Å². The average molecular weight is 404 g/mol. The SMILES string of the molecule is COc1cc(NC(=O)C(=O)Nc2ccc(Cl)cc2Cl)c(OC)cc1Cl. The highest BCUT2D eigenvalue weighted by Gasteiger charge is 2.19. The number of anilines is 2. The number of carbonyl (C=O) groups excluding carboxylic acids is 2. The number of amides is 2. The number of rotatable bonds is 4. The van der Waals surface area contributed by atoms with Crippen LogP contribution in [0.3, 0.4) is 0 Å². The van der Waals surface area contributed by atoms with E-state index in [9.17, 15) is 9.59 Å². The molecule has 0 unspecified atom stereocenters. The molecule has 0 aliphatic heterocycles. The fraction of sp³-hybridized carbons (Fsp3) is 0.125. The predicted molar refractivity (Wildman–Crippen MR) is 98.3 cm³/mol. The van der Waals surface area contributed by atoms with E-state index < -0.39 is 11.8 Å². The summed E-state index contributed by atoms with van der Waals surface area (Å²) in [6.07, 6.45) is 0. The van der Waals surface area contributed by atoms with E-state index in [-0.39, 0.29) is 22.1 Å². The zero-order chi connectivity index (χ0) is 18.6. The smallest absolute Gasteiger partial charge is 0.314 e. The topological polar surface area (TPSA) is 76.7 Å². The third kappa shape index (κ3) is 4.69. The molecular weight excluding hydrogens is 391 g/mol. The zero-order valence-corrected chi connectivity index (χ0v) is 15.4. The number of benzene rings is 2. The largest absolute Gasteiger partial charge is 0.495 e. The van der Waals surface area contributed by atoms with Crippen LogP contribution in [-0.4, -0.2) is 26.0 Å². The molecule has 6 nitrogen and oxygen atoms in total. The first-order valence-electron chi connectivity index (χ1n) is 6.84. The molecule has 0 bridgehead atoms. The highest BCUT2D eigenvalue weighted by Crippen LogP contribution is 2.35. The summed E-state index contributed by atoms with van der Waals surface area (Å²) in [6.45, 7) is 0. The third-order valence-corrected chi connectivity index (χ3v) is 3.95. The van der Waals surface area contributed by atoms with Crippen molar-refractivity contribution in [1.29, 1.82) is 0 Å². The summed E-state index contributed by atoms with van der Waals surface area (Å²) < 4.78 is 10.2. The molecule has 2 N–H and O–H groups in total. The van der Waals surface area contributed by atoms with Crippen LogP contribution in [0, 0.1) is 0 Å². The molecule has 25 heavy (non-hydrogen) atoms. The minimum atomic E-state index is -0.923. The second-order valence-electron chi connectivity index (χ2n) is 4.72. The van der Waals surface area contributed by atoms with Crippen LogP contribution in [0.2, 0.25) is 15.1 Å². The monoisotopic (exact) mass is 402 g/mol. The summed E-state index contributed by atoms with van der Waals surface area (Å²) in [4.78, 5) is 24.2. The number of nitrogens with one attached hydrogen (secondary N) is 2. The van der Waals surface area contributed by atoms with Gasteiger partial charge in [0.25, 0.3) is 0 Å². The summed E-state index contributed by atoms with van der Waals surface area (Å²) in [7, 11) is 2.83. The Bertz CT molecular complexity index is 827. The average Bonchev–Trinajstić information content (AvgIpc) is 2.58. The Labute approximate surface area is 159 Å². The van der Waals surface area contributed by atoms with E-state index in [0.717, 1.165) is 0 Å². The van der Waals surface area contributed by atoms with Gasteiger partial charge in [-0.3, -0.25) is 9.59 Å². The minimum Gasteiger partial charge on any atom is -0.495 e. The molecule has 2 amide bonds. The first-order chi connectivity index (χ1) is 11.8. The number of hydrogen-bond acceptors (Lipinski definition) is 4. The standard InChI is InChI=1S/C16H13Cl3N2O4/c1-24-13-7-12(14(25-2)6-10(13)19)21-16(23)15(22)20-11-4-3-8(17)5-9(11)18/h3-7H,1-2H3,(H,20,22)(H,21,23). The van der Waals surface area contributed by atoms with E-state index in [4.69, 9.17) is 44.3 Å². The van der Waals surface area contributed by atoms with Gasteiger partial charge in [0, 0.05) is 17.2 Å². The predicted octanol–water partition coefficient (Wildman–Crippen LogP) is 4.24. The second kappa shape index (κ2) is 8.29. The molecule has 0 spiro atoms. The van der Waals surface area contributed by atoms with Crippen LogP contribution in [0.5, 0.6) is 11.5 Å². The number of methoxy groups -OCH3 is 2. The molecule has 0 aromatic heterocycles. The quantitative estimate of drug-likeness (QED) is 0.749. The van der Waals surface area contributed by atoms with E-state index in [0.29, 0.717) is 15.8 Å². The number of hydrogen-bond donors (Lipinski definition) is 2. The number of ether oxygens (including phenoxy) is 2. The van der Waals surface area contributed by atoms with Gasteiger partial charge in [-0.1, -0.05) is 34.8 Å². The molecule has 0 saturated carbocycles. The van der Waals surface area contributed by atoms with Gasteiger partial charge in [0.1, 0.15) is 11.5 Å². The Balaban J connectivity index is 2.17. The lowest BCUT2D eigenvalue weighted by Crippen LogP contribution is -2.29. The molecule has 132 valence electrons. The highest BCUT2D eigenvalue weighted by atomic mass is 35.5. The molecule has 0 aliphatic carbocycles. The van der Waals surface area contributed by atoms with Crippen LogP contribution in [0.4, 0.5) is 11.4 Å². The van der Waals surface area contributed by atoms with E-state index in [1.807, 2.05) is 0 Å². The van der Waals surface area contributed by atoms with Gasteiger partial charge in [0.15, 0.2) is 0 Å². The summed E-state index contributed by atoms with van der Waals surface area (Å²) in [6, 6.07) is 7.38. The molecule has 9 heteroatoms. The van der Waals surface area contributed by atoms with Crippen LogP contribution in [-0.2, 0) is 9.59 Å². The molecule has 2 rings (SSSR count). The number of halogens is 3. The van der Waals surface area contributed by atoms with Crippen molar-refractivity contribution < 1.29 is 19.1 Å². The molecule has 2 aromatic rings. The second-order valence-corrected chi connectivity index (χ2v) is 5.97. The van der Waals surface area contributed by atoms with Crippen molar-refractivity contribution in [3.63, 3.8) is 0 Å². The van der Waals surface area contributed by atoms with Gasteiger partial charge in [-0.15, -0.1) is 0 Å². The van der Waals surface area contributed by atoms with Gasteiger partial charge in [-0.05, 0) is 18.2 Å². The normalized spacial score (nSPS) is 10.1. The van der Waals surface area contributed by atoms with Crippen LogP contribution in [0.15, 0.2) is 30.3 Å². The Morgan fingerprint density at radius 1 is 0.800 bits per heavy atom. The van der Waals surface area contributed by atoms with Gasteiger partial charge in [-0.2, -0.15) is 0 Å². The molecule has 0 heterocycles. The summed E-state index contributed by atoms with van der Waals surface area (Å²) in [5.41, 5.74) is 0.484. The number of carbonyl (C=O) groups is 2. The molecule has 0 atom stereocenters. The van der Waals surface area contributed by atoms with Gasteiger partial charge in [0.2, 0.25) is 0 Å². The Hall–Kier alpha value is -2.15. The third-order valence-electron chi connectivity index (χ3n) is 3.11. The van der Waals surface area contributed by atoms with Crippen LogP contribution >= 0.6 is 34.8 Å². The molecular formula is C16H13Cl3N2O4. The summed E-state index contributed by atoms with van der Waals surface area (Å²) in [5, 5.41) is 5.74. The van der Waals surface area contributed by atoms with Crippen molar-refractivity contribution in [1.82, 2.24) is 0 Å². The van der Waals surface area contributed by atoms with Crippen molar-refractivity contribution in [3.8, 4) is 11.5 Å². The fourth-order valence-electron chi connectivity index (χ4n) is 1.91. The lowest BCUT2D eigenvalue weighted by Gasteiger charge is -2.13. The molecule has 0 aliphatic rings. The Morgan fingerprint density at radius 2 is 1.40 bits per heavy atom. The van der Waals surface area contributed by atoms with Crippen LogP contribution in [0.25, 0.3) is 0 Å². The van der Waals surface area contributed by atoms with Crippen molar-refractivity contribution >= 4 is 58.0 Å². The maximum atomic E-state index is 12.1. The van der Waals surface area contributed by atoms with Gasteiger partial charge >= 0.3 is 11.8 Å². The van der Waals surface area contributed by atoms with Gasteiger partial charge in [0.05, 0.1) is 35.6 Å². The highest BCUT2D eigenvalue weighted by molar-refractivity contribution is 6.45. The van der Waals surface area contributed by atoms with E-state index >= 15 is 0 Å². The zero-order valence-electron chi connectivity index (χ0n) is 13.2. The summed E-state index contributed by atoms with van der Waals surface area (Å²) >= 11 is 17.7. The van der Waals surface area contributed by atoms with E-state index in [1.54, 1.807) is 0 Å². The molecule has 0 fully saturated rings. The maximum Gasteiger partial charge on any atom is 0.314 e. The van der Waals surface area contributed by atoms with Crippen molar-refractivity contribution in [2.45, 2.75) is 0 Å². The van der Waals surface area contributed by atoms with E-state index in [1.165, 1.54) is 44.6 Å². The van der Waals surface area contributed by atoms with Crippen molar-refractivity contribution in [2.75, 3.05) is 24.9 Å². The Kier molecular flexibility index (Phi) is 6.36. The lowest BCUT2D eigenvalue weighted by atomic mass is 10.2. The lowest BCUT2D eigenvalue weighted by molar-refractivity contribution is -0.133. The van der Waals surface area contributed by atoms with Gasteiger partial charge in [-0.25, -0.2) is 0 Å². The minimum absolute atomic E-state index is 0.208. The first kappa shape index (κ1) is 19.2. The van der Waals surface area contributed by atoms with Crippen LogP contribution in [0.1, 0.15) is 0 Å². The molecule has 2 aromatic carbocycles. The maximum absolute atomic E-state index is 12.1. The Morgan fingerprint density at radius 3 is 1.96 bits per heavy atom. The van der Waals surface area contributed by atoms with Gasteiger partial charge < -0.3 is 20.1 Å². The van der Waals surface area contributed by atoms with Crippen molar-refractivity contribution in [3.05, 3.63) is 45.4 Å². The van der Waals surface area contributed by atoms with E-state index in [2.05, 4.69) is 10.6 Å². The first-order valence-corrected chi connectivity index (χ1v) is 7.98.